The summed E-state index contributed by atoms with van der Waals surface area (Å²) in [6.07, 6.45) is 2.07. The van der Waals surface area contributed by atoms with E-state index in [1.165, 1.54) is 0 Å². The summed E-state index contributed by atoms with van der Waals surface area (Å²) in [5.74, 6) is -0.0216. The number of hydrogen-bond acceptors (Lipinski definition) is 4. The average Bonchev–Trinajstić information content (AvgIpc) is 2.64. The van der Waals surface area contributed by atoms with Gasteiger partial charge in [-0.3, -0.25) is 9.59 Å². The number of nitrogens with zero attached hydrogens (tertiary/aromatic N) is 1. The number of rotatable bonds is 4. The van der Waals surface area contributed by atoms with E-state index in [0.29, 0.717) is 17.3 Å². The molecule has 0 aromatic heterocycles. The van der Waals surface area contributed by atoms with Crippen molar-refractivity contribution < 1.29 is 9.59 Å². The van der Waals surface area contributed by atoms with Gasteiger partial charge in [0.15, 0.2) is 0 Å². The predicted molar refractivity (Wildman–Crippen MR) is 83.3 cm³/mol. The summed E-state index contributed by atoms with van der Waals surface area (Å²) in [6, 6.07) is 3.92. The van der Waals surface area contributed by atoms with E-state index >= 15 is 0 Å². The van der Waals surface area contributed by atoms with Gasteiger partial charge in [-0.25, -0.2) is 0 Å². The molecule has 102 valence electrons. The molecule has 1 aliphatic heterocycles. The molecule has 0 spiro atoms. The zero-order valence-corrected chi connectivity index (χ0v) is 13.4. The Labute approximate surface area is 125 Å². The molecule has 0 bridgehead atoms. The Morgan fingerprint density at radius 1 is 1.42 bits per heavy atom. The Morgan fingerprint density at radius 2 is 2.11 bits per heavy atom. The van der Waals surface area contributed by atoms with E-state index in [0.717, 1.165) is 15.9 Å². The van der Waals surface area contributed by atoms with Crippen LogP contribution in [0.4, 0.5) is 11.4 Å². The monoisotopic (exact) mass is 342 g/mol. The third-order valence-electron chi connectivity index (χ3n) is 3.24. The molecule has 0 radical (unpaired) electrons. The fraction of sp³-hybridized carbons (Fsp3) is 0.385. The SMILES string of the molecule is CSCC(C)N(C)c1cc2c(cc1Br)C(=O)C(=O)N2. The fourth-order valence-electron chi connectivity index (χ4n) is 2.02. The quantitative estimate of drug-likeness (QED) is 0.854. The largest absolute Gasteiger partial charge is 0.370 e. The molecule has 1 aromatic carbocycles. The number of thioether (sulfide) groups is 1. The zero-order valence-electron chi connectivity index (χ0n) is 11.0. The second kappa shape index (κ2) is 5.54. The van der Waals surface area contributed by atoms with Crippen LogP contribution in [0.3, 0.4) is 0 Å². The summed E-state index contributed by atoms with van der Waals surface area (Å²) in [7, 11) is 2.01. The molecule has 1 heterocycles. The first-order chi connectivity index (χ1) is 8.95. The molecule has 1 unspecified atom stereocenters. The lowest BCUT2D eigenvalue weighted by molar-refractivity contribution is -0.112. The van der Waals surface area contributed by atoms with E-state index in [1.54, 1.807) is 17.8 Å². The van der Waals surface area contributed by atoms with Crippen LogP contribution in [0.2, 0.25) is 0 Å². The van der Waals surface area contributed by atoms with E-state index < -0.39 is 11.7 Å². The van der Waals surface area contributed by atoms with Gasteiger partial charge in [-0.15, -0.1) is 0 Å². The highest BCUT2D eigenvalue weighted by molar-refractivity contribution is 9.10. The van der Waals surface area contributed by atoms with E-state index in [1.807, 2.05) is 13.1 Å². The summed E-state index contributed by atoms with van der Waals surface area (Å²) in [5.41, 5.74) is 2.00. The maximum Gasteiger partial charge on any atom is 0.296 e. The van der Waals surface area contributed by atoms with Gasteiger partial charge in [0.1, 0.15) is 0 Å². The van der Waals surface area contributed by atoms with E-state index in [9.17, 15) is 9.59 Å². The van der Waals surface area contributed by atoms with Crippen molar-refractivity contribution in [3.05, 3.63) is 22.2 Å². The molecule has 6 heteroatoms. The Balaban J connectivity index is 2.37. The number of Topliss-reactive ketones (excluding diaryl/α,β-unsaturated/α-hetero) is 1. The van der Waals surface area contributed by atoms with Crippen molar-refractivity contribution >= 4 is 50.8 Å². The molecule has 1 N–H and O–H groups in total. The van der Waals surface area contributed by atoms with Crippen LogP contribution in [0, 0.1) is 0 Å². The van der Waals surface area contributed by atoms with Crippen LogP contribution in [-0.4, -0.2) is 36.8 Å². The van der Waals surface area contributed by atoms with Gasteiger partial charge in [-0.2, -0.15) is 11.8 Å². The number of hydrogen-bond donors (Lipinski definition) is 1. The molecule has 0 saturated carbocycles. The fourth-order valence-corrected chi connectivity index (χ4v) is 3.34. The minimum absolute atomic E-state index is 0.358. The molecule has 1 atom stereocenters. The Kier molecular flexibility index (Phi) is 4.20. The second-order valence-electron chi connectivity index (χ2n) is 4.55. The Bertz CT molecular complexity index is 548. The molecule has 1 aliphatic rings. The van der Waals surface area contributed by atoms with Crippen molar-refractivity contribution in [2.45, 2.75) is 13.0 Å². The van der Waals surface area contributed by atoms with Crippen molar-refractivity contribution in [3.63, 3.8) is 0 Å². The third kappa shape index (κ3) is 2.65. The van der Waals surface area contributed by atoms with Gasteiger partial charge in [-0.05, 0) is 41.2 Å². The third-order valence-corrected chi connectivity index (χ3v) is 4.69. The number of benzene rings is 1. The minimum Gasteiger partial charge on any atom is -0.370 e. The number of fused-ring (bicyclic) bond motifs is 1. The molecule has 0 saturated heterocycles. The summed E-state index contributed by atoms with van der Waals surface area (Å²) in [5, 5.41) is 2.60. The normalized spacial score (nSPS) is 15.2. The maximum absolute atomic E-state index is 11.6. The van der Waals surface area contributed by atoms with Gasteiger partial charge in [0.05, 0.1) is 16.9 Å². The van der Waals surface area contributed by atoms with Crippen molar-refractivity contribution in [1.82, 2.24) is 0 Å². The lowest BCUT2D eigenvalue weighted by Crippen LogP contribution is -2.31. The summed E-state index contributed by atoms with van der Waals surface area (Å²) in [6.45, 7) is 2.14. The summed E-state index contributed by atoms with van der Waals surface area (Å²) >= 11 is 5.26. The predicted octanol–water partition coefficient (Wildman–Crippen LogP) is 2.77. The molecular weight excluding hydrogens is 328 g/mol. The van der Waals surface area contributed by atoms with Crippen LogP contribution in [-0.2, 0) is 4.79 Å². The Morgan fingerprint density at radius 3 is 2.74 bits per heavy atom. The van der Waals surface area contributed by atoms with Gasteiger partial charge in [0, 0.05) is 23.3 Å². The van der Waals surface area contributed by atoms with E-state index in [4.69, 9.17) is 0 Å². The second-order valence-corrected chi connectivity index (χ2v) is 6.31. The minimum atomic E-state index is -0.557. The van der Waals surface area contributed by atoms with Gasteiger partial charge in [0.2, 0.25) is 0 Å². The first-order valence-corrected chi connectivity index (χ1v) is 8.05. The number of amides is 1. The number of carbonyl (C=O) groups is 2. The molecule has 4 nitrogen and oxygen atoms in total. The van der Waals surface area contributed by atoms with Crippen LogP contribution in [0.25, 0.3) is 0 Å². The molecule has 1 aromatic rings. The molecule has 19 heavy (non-hydrogen) atoms. The van der Waals surface area contributed by atoms with Crippen LogP contribution in [0.5, 0.6) is 0 Å². The van der Waals surface area contributed by atoms with Gasteiger partial charge < -0.3 is 10.2 Å². The highest BCUT2D eigenvalue weighted by Crippen LogP contribution is 2.35. The van der Waals surface area contributed by atoms with Crippen molar-refractivity contribution in [2.24, 2.45) is 0 Å². The van der Waals surface area contributed by atoms with Crippen LogP contribution >= 0.6 is 27.7 Å². The summed E-state index contributed by atoms with van der Waals surface area (Å²) < 4.78 is 0.826. The van der Waals surface area contributed by atoms with E-state index in [2.05, 4.69) is 39.3 Å². The maximum atomic E-state index is 11.6. The van der Waals surface area contributed by atoms with Crippen LogP contribution < -0.4 is 10.2 Å². The molecule has 0 fully saturated rings. The molecule has 2 rings (SSSR count). The van der Waals surface area contributed by atoms with Crippen molar-refractivity contribution in [1.29, 1.82) is 0 Å². The van der Waals surface area contributed by atoms with Crippen molar-refractivity contribution in [3.8, 4) is 0 Å². The summed E-state index contributed by atoms with van der Waals surface area (Å²) in [4.78, 5) is 25.1. The van der Waals surface area contributed by atoms with Gasteiger partial charge in [0.25, 0.3) is 11.7 Å². The standard InChI is InChI=1S/C13H15BrN2O2S/c1-7(6-19-3)16(2)11-5-10-8(4-9(11)14)12(17)13(18)15-10/h4-5,7H,6H2,1-3H3,(H,15,17,18). The zero-order chi connectivity index (χ0) is 14.2. The lowest BCUT2D eigenvalue weighted by atomic mass is 10.1. The number of anilines is 2. The topological polar surface area (TPSA) is 49.4 Å². The molecular formula is C13H15BrN2O2S. The number of ketones is 1. The first kappa shape index (κ1) is 14.4. The van der Waals surface area contributed by atoms with Gasteiger partial charge in [-0.1, -0.05) is 0 Å². The van der Waals surface area contributed by atoms with E-state index in [-0.39, 0.29) is 0 Å². The number of nitrogens with one attached hydrogen (secondary N) is 1. The molecule has 1 amide bonds. The van der Waals surface area contributed by atoms with Crippen molar-refractivity contribution in [2.75, 3.05) is 29.3 Å². The smallest absolute Gasteiger partial charge is 0.296 e. The highest BCUT2D eigenvalue weighted by Gasteiger charge is 2.29. The number of carbonyl (C=O) groups excluding carboxylic acids is 2. The highest BCUT2D eigenvalue weighted by atomic mass is 79.9. The molecule has 0 aliphatic carbocycles. The lowest BCUT2D eigenvalue weighted by Gasteiger charge is -2.28. The Hall–Kier alpha value is -1.01. The van der Waals surface area contributed by atoms with Crippen LogP contribution in [0.15, 0.2) is 16.6 Å². The van der Waals surface area contributed by atoms with Crippen LogP contribution in [0.1, 0.15) is 17.3 Å². The van der Waals surface area contributed by atoms with Gasteiger partial charge >= 0.3 is 0 Å². The number of halogens is 1. The first-order valence-electron chi connectivity index (χ1n) is 5.86. The average molecular weight is 343 g/mol.